The molecule has 0 amide bonds. The maximum atomic E-state index is 10.4. The number of furan rings is 1. The van der Waals surface area contributed by atoms with Gasteiger partial charge in [-0.15, -0.1) is 0 Å². The highest BCUT2D eigenvalue weighted by molar-refractivity contribution is 5.60. The summed E-state index contributed by atoms with van der Waals surface area (Å²) in [6.45, 7) is 2.07. The molecule has 4 atom stereocenters. The van der Waals surface area contributed by atoms with Crippen LogP contribution in [0.25, 0.3) is 0 Å². The molecule has 0 radical (unpaired) electrons. The van der Waals surface area contributed by atoms with Gasteiger partial charge in [-0.3, -0.25) is 4.90 Å². The van der Waals surface area contributed by atoms with Gasteiger partial charge in [-0.05, 0) is 62.3 Å². The number of aromatic hydroxyl groups is 1. The summed E-state index contributed by atoms with van der Waals surface area (Å²) >= 11 is 0. The molecule has 1 saturated heterocycles. The molecular formula is C21H23NO3. The van der Waals surface area contributed by atoms with Crippen LogP contribution in [-0.2, 0) is 18.4 Å². The summed E-state index contributed by atoms with van der Waals surface area (Å²) in [6, 6.07) is 6.62. The molecular weight excluding hydrogens is 314 g/mol. The molecule has 130 valence electrons. The van der Waals surface area contributed by atoms with Crippen LogP contribution in [0.1, 0.15) is 42.4 Å². The number of nitrogens with zero attached hydrogens (tertiary/aromatic N) is 1. The standard InChI is InChI=1S/C21H23NO3/c23-17-5-4-14-10-16-15-2-1-3-18-21(15,19(14)20(17)25-18)7-8-22(16)11-13-6-9-24-12-13/h4-6,9,12,15-16,18,23H,1-3,7-8,10-11H2. The van der Waals surface area contributed by atoms with Gasteiger partial charge in [0.1, 0.15) is 6.10 Å². The lowest BCUT2D eigenvalue weighted by atomic mass is 9.52. The second-order valence-electron chi connectivity index (χ2n) is 8.26. The molecule has 2 aliphatic heterocycles. The average Bonchev–Trinajstić information content (AvgIpc) is 3.24. The minimum atomic E-state index is 0.136. The lowest BCUT2D eigenvalue weighted by Gasteiger charge is -2.58. The number of rotatable bonds is 2. The summed E-state index contributed by atoms with van der Waals surface area (Å²) in [5.74, 6) is 1.78. The van der Waals surface area contributed by atoms with Gasteiger partial charge in [0, 0.05) is 29.1 Å². The van der Waals surface area contributed by atoms with Crippen molar-refractivity contribution in [1.29, 1.82) is 0 Å². The Morgan fingerprint density at radius 1 is 1.24 bits per heavy atom. The van der Waals surface area contributed by atoms with Crippen molar-refractivity contribution in [2.75, 3.05) is 6.54 Å². The molecule has 1 spiro atoms. The van der Waals surface area contributed by atoms with Gasteiger partial charge in [0.25, 0.3) is 0 Å². The Kier molecular flexibility index (Phi) is 2.75. The smallest absolute Gasteiger partial charge is 0.165 e. The van der Waals surface area contributed by atoms with Crippen molar-refractivity contribution >= 4 is 0 Å². The minimum absolute atomic E-state index is 0.136. The Balaban J connectivity index is 1.48. The fourth-order valence-electron chi connectivity index (χ4n) is 6.41. The van der Waals surface area contributed by atoms with Crippen LogP contribution in [-0.4, -0.2) is 28.7 Å². The fraction of sp³-hybridized carbons (Fsp3) is 0.524. The molecule has 2 aromatic rings. The monoisotopic (exact) mass is 337 g/mol. The third kappa shape index (κ3) is 1.71. The van der Waals surface area contributed by atoms with Gasteiger partial charge >= 0.3 is 0 Å². The lowest BCUT2D eigenvalue weighted by molar-refractivity contribution is -0.0547. The molecule has 6 rings (SSSR count). The van der Waals surface area contributed by atoms with Crippen molar-refractivity contribution in [3.8, 4) is 11.5 Å². The van der Waals surface area contributed by atoms with E-state index in [9.17, 15) is 5.11 Å². The highest BCUT2D eigenvalue weighted by atomic mass is 16.5. The zero-order valence-electron chi connectivity index (χ0n) is 14.3. The quantitative estimate of drug-likeness (QED) is 0.909. The second-order valence-corrected chi connectivity index (χ2v) is 8.26. The predicted octanol–water partition coefficient (Wildman–Crippen LogP) is 3.61. The first kappa shape index (κ1) is 14.3. The molecule has 3 heterocycles. The van der Waals surface area contributed by atoms with Crippen LogP contribution in [0.15, 0.2) is 35.1 Å². The van der Waals surface area contributed by atoms with Crippen molar-refractivity contribution in [2.45, 2.75) is 56.2 Å². The molecule has 1 aromatic carbocycles. The molecule has 1 aromatic heterocycles. The minimum Gasteiger partial charge on any atom is -0.504 e. The van der Waals surface area contributed by atoms with Gasteiger partial charge in [0.05, 0.1) is 12.5 Å². The van der Waals surface area contributed by atoms with Gasteiger partial charge in [0.15, 0.2) is 11.5 Å². The number of phenols is 1. The van der Waals surface area contributed by atoms with Gasteiger partial charge < -0.3 is 14.3 Å². The van der Waals surface area contributed by atoms with Crippen molar-refractivity contribution in [2.24, 2.45) is 5.92 Å². The van der Waals surface area contributed by atoms with E-state index in [2.05, 4.69) is 17.0 Å². The number of hydrogen-bond acceptors (Lipinski definition) is 4. The molecule has 2 bridgehead atoms. The summed E-state index contributed by atoms with van der Waals surface area (Å²) in [5, 5.41) is 10.4. The summed E-state index contributed by atoms with van der Waals surface area (Å²) in [5.41, 5.74) is 4.16. The zero-order chi connectivity index (χ0) is 16.6. The zero-order valence-corrected chi connectivity index (χ0v) is 14.3. The van der Waals surface area contributed by atoms with Crippen LogP contribution >= 0.6 is 0 Å². The molecule has 25 heavy (non-hydrogen) atoms. The van der Waals surface area contributed by atoms with E-state index in [0.717, 1.165) is 38.1 Å². The van der Waals surface area contributed by atoms with Gasteiger partial charge in [0.2, 0.25) is 0 Å². The summed E-state index contributed by atoms with van der Waals surface area (Å²) < 4.78 is 11.7. The number of benzene rings is 1. The lowest BCUT2D eigenvalue weighted by Crippen LogP contribution is -2.63. The van der Waals surface area contributed by atoms with Crippen LogP contribution in [0, 0.1) is 5.92 Å². The van der Waals surface area contributed by atoms with E-state index in [1.54, 1.807) is 6.26 Å². The Hall–Kier alpha value is -1.94. The van der Waals surface area contributed by atoms with Crippen molar-refractivity contribution in [3.63, 3.8) is 0 Å². The molecule has 4 heteroatoms. The van der Waals surface area contributed by atoms with Crippen LogP contribution in [0.4, 0.5) is 0 Å². The number of likely N-dealkylation sites (tertiary alicyclic amines) is 1. The molecule has 1 N–H and O–H groups in total. The van der Waals surface area contributed by atoms with E-state index in [0.29, 0.717) is 17.7 Å². The van der Waals surface area contributed by atoms with E-state index >= 15 is 0 Å². The summed E-state index contributed by atoms with van der Waals surface area (Å²) in [6.07, 6.45) is 9.75. The first-order valence-electron chi connectivity index (χ1n) is 9.54. The van der Waals surface area contributed by atoms with Crippen LogP contribution in [0.2, 0.25) is 0 Å². The Morgan fingerprint density at radius 3 is 3.08 bits per heavy atom. The van der Waals surface area contributed by atoms with E-state index in [-0.39, 0.29) is 11.5 Å². The highest BCUT2D eigenvalue weighted by Gasteiger charge is 2.63. The van der Waals surface area contributed by atoms with E-state index in [4.69, 9.17) is 9.15 Å². The van der Waals surface area contributed by atoms with E-state index in [1.165, 1.54) is 29.5 Å². The van der Waals surface area contributed by atoms with E-state index in [1.807, 2.05) is 12.3 Å². The van der Waals surface area contributed by atoms with Gasteiger partial charge in [-0.25, -0.2) is 0 Å². The number of piperidine rings is 1. The van der Waals surface area contributed by atoms with Crippen molar-refractivity contribution in [1.82, 2.24) is 4.90 Å². The molecule has 4 aliphatic rings. The van der Waals surface area contributed by atoms with Crippen LogP contribution in [0.5, 0.6) is 11.5 Å². The molecule has 4 nitrogen and oxygen atoms in total. The average molecular weight is 337 g/mol. The maximum Gasteiger partial charge on any atom is 0.165 e. The second kappa shape index (κ2) is 4.82. The molecule has 2 aliphatic carbocycles. The maximum absolute atomic E-state index is 10.4. The van der Waals surface area contributed by atoms with Crippen LogP contribution < -0.4 is 4.74 Å². The Morgan fingerprint density at radius 2 is 2.20 bits per heavy atom. The Labute approximate surface area is 147 Å². The van der Waals surface area contributed by atoms with E-state index < -0.39 is 0 Å². The molecule has 1 saturated carbocycles. The van der Waals surface area contributed by atoms with Gasteiger partial charge in [-0.2, -0.15) is 0 Å². The van der Waals surface area contributed by atoms with Gasteiger partial charge in [-0.1, -0.05) is 6.07 Å². The third-order valence-electron chi connectivity index (χ3n) is 7.31. The summed E-state index contributed by atoms with van der Waals surface area (Å²) in [7, 11) is 0. The first-order chi connectivity index (χ1) is 12.3. The van der Waals surface area contributed by atoms with Crippen molar-refractivity contribution in [3.05, 3.63) is 47.4 Å². The summed E-state index contributed by atoms with van der Waals surface area (Å²) in [4.78, 5) is 2.66. The predicted molar refractivity (Wildman–Crippen MR) is 92.8 cm³/mol. The number of ether oxygens (including phenoxy) is 1. The highest BCUT2D eigenvalue weighted by Crippen LogP contribution is 2.63. The largest absolute Gasteiger partial charge is 0.504 e. The van der Waals surface area contributed by atoms with Crippen molar-refractivity contribution < 1.29 is 14.3 Å². The number of hydrogen-bond donors (Lipinski definition) is 1. The first-order valence-corrected chi connectivity index (χ1v) is 9.54. The molecule has 2 fully saturated rings. The SMILES string of the molecule is Oc1ccc2c3c1OC1CCCC4C(C2)N(Cc2ccoc2)CCC314. The number of phenolic OH excluding ortho intramolecular Hbond substituents is 1. The normalized spacial score (nSPS) is 35.3. The third-order valence-corrected chi connectivity index (χ3v) is 7.31. The fourth-order valence-corrected chi connectivity index (χ4v) is 6.41. The topological polar surface area (TPSA) is 45.8 Å². The molecule has 4 unspecified atom stereocenters. The van der Waals surface area contributed by atoms with Crippen LogP contribution in [0.3, 0.4) is 0 Å². The Bertz CT molecular complexity index is 830.